The van der Waals surface area contributed by atoms with Gasteiger partial charge in [0.25, 0.3) is 0 Å². The van der Waals surface area contributed by atoms with Crippen LogP contribution in [0.15, 0.2) is 48.9 Å². The van der Waals surface area contributed by atoms with Gasteiger partial charge in [-0.3, -0.25) is 14.6 Å². The molecule has 2 bridgehead atoms. The number of rotatable bonds is 5. The SMILES string of the molecule is Cc1cc(-c2ccn3nc(Nc4ccn(C)n4)cc3c2)c(O[C@H]2C[C@H]3COC[C@@H](C2)N3C)cn1. The summed E-state index contributed by atoms with van der Waals surface area (Å²) >= 11 is 0. The molecule has 3 atom stereocenters. The number of aryl methyl sites for hydroxylation is 2. The van der Waals surface area contributed by atoms with Crippen molar-refractivity contribution in [2.45, 2.75) is 38.0 Å². The molecule has 4 aromatic rings. The molecule has 9 heteroatoms. The van der Waals surface area contributed by atoms with Crippen LogP contribution in [0.4, 0.5) is 11.6 Å². The van der Waals surface area contributed by atoms with E-state index in [4.69, 9.17) is 9.47 Å². The molecule has 6 rings (SSSR count). The number of morpholine rings is 1. The summed E-state index contributed by atoms with van der Waals surface area (Å²) in [6.07, 6.45) is 7.82. The zero-order valence-electron chi connectivity index (χ0n) is 19.7. The van der Waals surface area contributed by atoms with Gasteiger partial charge in [-0.25, -0.2) is 4.52 Å². The summed E-state index contributed by atoms with van der Waals surface area (Å²) in [5, 5.41) is 12.2. The highest BCUT2D eigenvalue weighted by molar-refractivity contribution is 5.75. The molecule has 0 unspecified atom stereocenters. The predicted octanol–water partition coefficient (Wildman–Crippen LogP) is 3.42. The molecule has 34 heavy (non-hydrogen) atoms. The molecule has 9 nitrogen and oxygen atoms in total. The number of nitrogens with zero attached hydrogens (tertiary/aromatic N) is 6. The van der Waals surface area contributed by atoms with E-state index in [9.17, 15) is 0 Å². The maximum atomic E-state index is 6.59. The summed E-state index contributed by atoms with van der Waals surface area (Å²) in [6, 6.07) is 11.1. The van der Waals surface area contributed by atoms with Gasteiger partial charge in [0.15, 0.2) is 11.6 Å². The number of pyridine rings is 2. The smallest absolute Gasteiger partial charge is 0.154 e. The molecule has 0 radical (unpaired) electrons. The van der Waals surface area contributed by atoms with Gasteiger partial charge in [-0.2, -0.15) is 10.2 Å². The maximum Gasteiger partial charge on any atom is 0.154 e. The van der Waals surface area contributed by atoms with E-state index in [1.54, 1.807) is 4.68 Å². The van der Waals surface area contributed by atoms with Gasteiger partial charge in [0.1, 0.15) is 11.9 Å². The normalized spacial score (nSPS) is 22.7. The Morgan fingerprint density at radius 3 is 2.59 bits per heavy atom. The molecule has 1 N–H and O–H groups in total. The number of fused-ring (bicyclic) bond motifs is 3. The van der Waals surface area contributed by atoms with Crippen LogP contribution in [0, 0.1) is 6.92 Å². The van der Waals surface area contributed by atoms with Crippen LogP contribution in [0.1, 0.15) is 18.5 Å². The summed E-state index contributed by atoms with van der Waals surface area (Å²) < 4.78 is 16.0. The van der Waals surface area contributed by atoms with Crippen molar-refractivity contribution in [3.8, 4) is 16.9 Å². The van der Waals surface area contributed by atoms with Crippen molar-refractivity contribution < 1.29 is 9.47 Å². The minimum Gasteiger partial charge on any atom is -0.488 e. The van der Waals surface area contributed by atoms with Crippen molar-refractivity contribution in [2.24, 2.45) is 7.05 Å². The third-order valence-electron chi connectivity index (χ3n) is 6.88. The van der Waals surface area contributed by atoms with Crippen LogP contribution >= 0.6 is 0 Å². The van der Waals surface area contributed by atoms with Crippen LogP contribution in [-0.4, -0.2) is 67.7 Å². The number of hydrogen-bond acceptors (Lipinski definition) is 7. The van der Waals surface area contributed by atoms with Gasteiger partial charge in [-0.05, 0) is 37.7 Å². The Kier molecular flexibility index (Phi) is 5.23. The number of piperidine rings is 1. The Morgan fingerprint density at radius 1 is 1.00 bits per heavy atom. The molecule has 0 aromatic carbocycles. The van der Waals surface area contributed by atoms with E-state index in [1.807, 2.05) is 49.2 Å². The second-order valence-corrected chi connectivity index (χ2v) is 9.36. The van der Waals surface area contributed by atoms with Crippen molar-refractivity contribution in [2.75, 3.05) is 25.6 Å². The van der Waals surface area contributed by atoms with Gasteiger partial charge in [0.05, 0.1) is 24.9 Å². The maximum absolute atomic E-state index is 6.59. The van der Waals surface area contributed by atoms with Crippen LogP contribution in [0.2, 0.25) is 0 Å². The molecule has 6 heterocycles. The van der Waals surface area contributed by atoms with Crippen LogP contribution in [0.25, 0.3) is 16.6 Å². The molecule has 176 valence electrons. The largest absolute Gasteiger partial charge is 0.488 e. The minimum atomic E-state index is 0.159. The quantitative estimate of drug-likeness (QED) is 0.490. The van der Waals surface area contributed by atoms with Crippen molar-refractivity contribution >= 4 is 17.2 Å². The summed E-state index contributed by atoms with van der Waals surface area (Å²) in [4.78, 5) is 6.98. The van der Waals surface area contributed by atoms with E-state index >= 15 is 0 Å². The third-order valence-corrected chi connectivity index (χ3v) is 6.88. The topological polar surface area (TPSA) is 81.7 Å². The predicted molar refractivity (Wildman–Crippen MR) is 129 cm³/mol. The zero-order chi connectivity index (χ0) is 23.2. The highest BCUT2D eigenvalue weighted by atomic mass is 16.5. The number of anilines is 2. The lowest BCUT2D eigenvalue weighted by Gasteiger charge is -2.46. The van der Waals surface area contributed by atoms with Crippen LogP contribution in [0.3, 0.4) is 0 Å². The van der Waals surface area contributed by atoms with E-state index in [1.165, 1.54) is 0 Å². The molecule has 2 fully saturated rings. The molecule has 2 saturated heterocycles. The number of nitrogens with one attached hydrogen (secondary N) is 1. The second-order valence-electron chi connectivity index (χ2n) is 9.36. The average Bonchev–Trinajstić information content (AvgIpc) is 3.40. The lowest BCUT2D eigenvalue weighted by molar-refractivity contribution is -0.0879. The average molecular weight is 460 g/mol. The Morgan fingerprint density at radius 2 is 1.82 bits per heavy atom. The van der Waals surface area contributed by atoms with Gasteiger partial charge in [-0.15, -0.1) is 0 Å². The van der Waals surface area contributed by atoms with E-state index in [2.05, 4.69) is 50.6 Å². The van der Waals surface area contributed by atoms with Crippen molar-refractivity contribution in [3.63, 3.8) is 0 Å². The molecule has 2 aliphatic rings. The van der Waals surface area contributed by atoms with Crippen LogP contribution in [-0.2, 0) is 11.8 Å². The number of hydrogen-bond donors (Lipinski definition) is 1. The van der Waals surface area contributed by atoms with Crippen LogP contribution < -0.4 is 10.1 Å². The van der Waals surface area contributed by atoms with Gasteiger partial charge in [0.2, 0.25) is 0 Å². The summed E-state index contributed by atoms with van der Waals surface area (Å²) in [5.41, 5.74) is 4.08. The van der Waals surface area contributed by atoms with Gasteiger partial charge < -0.3 is 14.8 Å². The standard InChI is InChI=1S/C25H29N7O2/c1-16-8-22(23(13-26-16)34-21-10-19-14-33-15-20(11-21)31(19)3)17-4-7-32-18(9-17)12-25(29-32)27-24-5-6-30(2)28-24/h4-9,12-13,19-21H,10-11,14-15H2,1-3H3,(H,27,28,29)/t19-,20+,21-. The van der Waals surface area contributed by atoms with Gasteiger partial charge in [-0.1, -0.05) is 0 Å². The first kappa shape index (κ1) is 21.1. The molecule has 0 amide bonds. The Balaban J connectivity index is 1.28. The highest BCUT2D eigenvalue weighted by Gasteiger charge is 2.38. The molecular weight excluding hydrogens is 430 g/mol. The highest BCUT2D eigenvalue weighted by Crippen LogP contribution is 2.35. The van der Waals surface area contributed by atoms with Crippen molar-refractivity contribution in [3.05, 3.63) is 54.6 Å². The fourth-order valence-electron chi connectivity index (χ4n) is 5.02. The van der Waals surface area contributed by atoms with Crippen molar-refractivity contribution in [1.29, 1.82) is 0 Å². The molecule has 0 aliphatic carbocycles. The first-order chi connectivity index (χ1) is 16.5. The van der Waals surface area contributed by atoms with Gasteiger partial charge in [0, 0.05) is 67.8 Å². The fraction of sp³-hybridized carbons (Fsp3) is 0.400. The van der Waals surface area contributed by atoms with E-state index < -0.39 is 0 Å². The molecule has 0 saturated carbocycles. The zero-order valence-corrected chi connectivity index (χ0v) is 19.7. The van der Waals surface area contributed by atoms with Crippen molar-refractivity contribution in [1.82, 2.24) is 29.3 Å². The number of ether oxygens (including phenoxy) is 2. The first-order valence-corrected chi connectivity index (χ1v) is 11.7. The molecular formula is C25H29N7O2. The Labute approximate surface area is 198 Å². The number of likely N-dealkylation sites (N-methyl/N-ethyl adjacent to an activating group) is 1. The summed E-state index contributed by atoms with van der Waals surface area (Å²) in [7, 11) is 4.09. The fourth-order valence-corrected chi connectivity index (χ4v) is 5.02. The first-order valence-electron chi connectivity index (χ1n) is 11.7. The van der Waals surface area contributed by atoms with Crippen LogP contribution in [0.5, 0.6) is 5.75 Å². The van der Waals surface area contributed by atoms with Gasteiger partial charge >= 0.3 is 0 Å². The van der Waals surface area contributed by atoms with E-state index in [-0.39, 0.29) is 6.10 Å². The monoisotopic (exact) mass is 459 g/mol. The lowest BCUT2D eigenvalue weighted by atomic mass is 9.92. The summed E-state index contributed by atoms with van der Waals surface area (Å²) in [5.74, 6) is 2.34. The van der Waals surface area contributed by atoms with E-state index in [0.717, 1.165) is 65.8 Å². The molecule has 2 aliphatic heterocycles. The third kappa shape index (κ3) is 4.01. The lowest BCUT2D eigenvalue weighted by Crippen LogP contribution is -2.57. The van der Waals surface area contributed by atoms with E-state index in [0.29, 0.717) is 12.1 Å². The second kappa shape index (κ2) is 8.41. The Hall–Kier alpha value is -3.43. The minimum absolute atomic E-state index is 0.159. The molecule has 0 spiro atoms. The summed E-state index contributed by atoms with van der Waals surface area (Å²) in [6.45, 7) is 3.56. The Bertz CT molecular complexity index is 1320. The number of aromatic nitrogens is 5. The molecule has 4 aromatic heterocycles.